The minimum absolute atomic E-state index is 0.214. The number of aromatic nitrogens is 3. The monoisotopic (exact) mass is 420 g/mol. The summed E-state index contributed by atoms with van der Waals surface area (Å²) in [6, 6.07) is 6.87. The van der Waals surface area contributed by atoms with Crippen LogP contribution in [0, 0.1) is 31.1 Å². The van der Waals surface area contributed by atoms with Crippen LogP contribution < -0.4 is 15.4 Å². The second-order valence-electron chi connectivity index (χ2n) is 8.29. The first-order valence-electron chi connectivity index (χ1n) is 10.3. The first-order chi connectivity index (χ1) is 14.5. The Kier molecular flexibility index (Phi) is 4.51. The zero-order chi connectivity index (χ0) is 21.0. The molecule has 5 heterocycles. The molecule has 0 amide bonds. The van der Waals surface area contributed by atoms with Gasteiger partial charge < -0.3 is 14.4 Å². The van der Waals surface area contributed by atoms with Crippen LogP contribution in [-0.4, -0.2) is 40.2 Å². The Bertz CT molecular complexity index is 1220. The van der Waals surface area contributed by atoms with Gasteiger partial charge >= 0.3 is 0 Å². The molecule has 2 aliphatic rings. The Morgan fingerprint density at radius 3 is 2.80 bits per heavy atom. The molecule has 154 valence electrons. The third-order valence-electron chi connectivity index (χ3n) is 6.49. The van der Waals surface area contributed by atoms with Gasteiger partial charge in [0.25, 0.3) is 5.56 Å². The highest BCUT2D eigenvalue weighted by molar-refractivity contribution is 7.18. The summed E-state index contributed by atoms with van der Waals surface area (Å²) in [5.41, 5.74) is 3.71. The Morgan fingerprint density at radius 2 is 2.07 bits per heavy atom. The van der Waals surface area contributed by atoms with Crippen molar-refractivity contribution in [2.24, 2.45) is 13.0 Å². The number of hydrogen-bond acceptors (Lipinski definition) is 7. The van der Waals surface area contributed by atoms with Crippen LogP contribution in [0.3, 0.4) is 0 Å². The van der Waals surface area contributed by atoms with Crippen molar-refractivity contribution in [2.75, 3.05) is 29.4 Å². The van der Waals surface area contributed by atoms with Crippen LogP contribution in [0.1, 0.15) is 29.1 Å². The van der Waals surface area contributed by atoms with Crippen molar-refractivity contribution >= 4 is 33.1 Å². The molecule has 3 aromatic heterocycles. The summed E-state index contributed by atoms with van der Waals surface area (Å²) in [5.74, 6) is 0.491. The van der Waals surface area contributed by atoms with Crippen LogP contribution in [0.5, 0.6) is 0 Å². The van der Waals surface area contributed by atoms with Crippen LogP contribution in [0.4, 0.5) is 11.4 Å². The smallest absolute Gasteiger partial charge is 0.271 e. The average molecular weight is 421 g/mol. The quantitative estimate of drug-likeness (QED) is 0.634. The molecule has 0 aliphatic carbocycles. The molecule has 7 nitrogen and oxygen atoms in total. The number of piperidine rings is 1. The van der Waals surface area contributed by atoms with Crippen LogP contribution in [-0.2, 0) is 7.05 Å². The summed E-state index contributed by atoms with van der Waals surface area (Å²) >= 11 is 1.51. The molecule has 0 N–H and O–H groups in total. The molecular formula is C22H24N6OS. The Morgan fingerprint density at radius 1 is 1.23 bits per heavy atom. The van der Waals surface area contributed by atoms with Gasteiger partial charge in [0.05, 0.1) is 22.6 Å². The summed E-state index contributed by atoms with van der Waals surface area (Å²) < 4.78 is 1.57. The van der Waals surface area contributed by atoms with Crippen molar-refractivity contribution in [3.63, 3.8) is 0 Å². The van der Waals surface area contributed by atoms with Crippen molar-refractivity contribution < 1.29 is 0 Å². The highest BCUT2D eigenvalue weighted by Crippen LogP contribution is 2.39. The maximum absolute atomic E-state index is 12.9. The van der Waals surface area contributed by atoms with E-state index < -0.39 is 0 Å². The van der Waals surface area contributed by atoms with Gasteiger partial charge in [-0.2, -0.15) is 5.26 Å². The van der Waals surface area contributed by atoms with Gasteiger partial charge in [-0.3, -0.25) is 9.78 Å². The van der Waals surface area contributed by atoms with Gasteiger partial charge in [-0.25, -0.2) is 4.98 Å². The number of aryl methyl sites for hydroxylation is 3. The van der Waals surface area contributed by atoms with Crippen LogP contribution >= 0.6 is 11.3 Å². The van der Waals surface area contributed by atoms with E-state index in [1.54, 1.807) is 11.6 Å². The van der Waals surface area contributed by atoms with Crippen LogP contribution in [0.25, 0.3) is 10.3 Å². The molecule has 8 heteroatoms. The first kappa shape index (κ1) is 19.1. The van der Waals surface area contributed by atoms with Crippen LogP contribution in [0.15, 0.2) is 23.1 Å². The number of rotatable bonds is 2. The lowest BCUT2D eigenvalue weighted by molar-refractivity contribution is 0.396. The summed E-state index contributed by atoms with van der Waals surface area (Å²) in [6.45, 7) is 6.62. The third kappa shape index (κ3) is 2.88. The Balaban J connectivity index is 1.50. The molecule has 0 aromatic carbocycles. The van der Waals surface area contributed by atoms with Gasteiger partial charge in [0, 0.05) is 38.4 Å². The fourth-order valence-electron chi connectivity index (χ4n) is 5.02. The van der Waals surface area contributed by atoms with Gasteiger partial charge in [0.15, 0.2) is 0 Å². The van der Waals surface area contributed by atoms with E-state index in [1.807, 2.05) is 20.0 Å². The van der Waals surface area contributed by atoms with Crippen molar-refractivity contribution in [3.05, 3.63) is 44.9 Å². The molecular weight excluding hydrogens is 396 g/mol. The summed E-state index contributed by atoms with van der Waals surface area (Å²) in [4.78, 5) is 27.6. The number of hydrogen-bond donors (Lipinski definition) is 0. The number of nitriles is 1. The Labute approximate surface area is 179 Å². The van der Waals surface area contributed by atoms with E-state index in [9.17, 15) is 10.1 Å². The zero-order valence-corrected chi connectivity index (χ0v) is 18.2. The third-order valence-corrected chi connectivity index (χ3v) is 7.54. The van der Waals surface area contributed by atoms with Crippen molar-refractivity contribution in [3.8, 4) is 6.07 Å². The van der Waals surface area contributed by atoms with Crippen molar-refractivity contribution in [1.82, 2.24) is 14.5 Å². The van der Waals surface area contributed by atoms with E-state index in [1.165, 1.54) is 17.0 Å². The molecule has 2 atom stereocenters. The number of nitrogens with zero attached hydrogens (tertiary/aromatic N) is 6. The van der Waals surface area contributed by atoms with Gasteiger partial charge in [-0.05, 0) is 44.7 Å². The highest BCUT2D eigenvalue weighted by Gasteiger charge is 2.40. The molecule has 2 saturated heterocycles. The van der Waals surface area contributed by atoms with Gasteiger partial charge in [0.2, 0.25) is 0 Å². The lowest BCUT2D eigenvalue weighted by Crippen LogP contribution is -2.47. The normalized spacial score (nSPS) is 21.1. The number of fused-ring (bicyclic) bond motifs is 2. The molecule has 2 fully saturated rings. The lowest BCUT2D eigenvalue weighted by Gasteiger charge is -2.40. The van der Waals surface area contributed by atoms with E-state index in [4.69, 9.17) is 4.98 Å². The van der Waals surface area contributed by atoms with E-state index in [0.717, 1.165) is 59.2 Å². The molecule has 5 rings (SSSR count). The summed E-state index contributed by atoms with van der Waals surface area (Å²) in [6.07, 6.45) is 4.06. The van der Waals surface area contributed by atoms with E-state index in [0.29, 0.717) is 12.0 Å². The van der Waals surface area contributed by atoms with Gasteiger partial charge in [-0.1, -0.05) is 0 Å². The molecule has 0 unspecified atom stereocenters. The van der Waals surface area contributed by atoms with E-state index in [2.05, 4.69) is 33.0 Å². The van der Waals surface area contributed by atoms with Gasteiger partial charge in [-0.15, -0.1) is 11.3 Å². The maximum atomic E-state index is 12.9. The number of pyridine rings is 2. The molecule has 0 spiro atoms. The largest absolute Gasteiger partial charge is 0.368 e. The fourth-order valence-corrected chi connectivity index (χ4v) is 5.90. The second kappa shape index (κ2) is 7.10. The van der Waals surface area contributed by atoms with Gasteiger partial charge in [0.1, 0.15) is 22.0 Å². The minimum atomic E-state index is -0.232. The maximum Gasteiger partial charge on any atom is 0.271 e. The predicted molar refractivity (Wildman–Crippen MR) is 119 cm³/mol. The lowest BCUT2D eigenvalue weighted by atomic mass is 9.92. The fraction of sp³-hybridized carbons (Fsp3) is 0.455. The molecule has 30 heavy (non-hydrogen) atoms. The Hall–Kier alpha value is -2.92. The van der Waals surface area contributed by atoms with E-state index >= 15 is 0 Å². The number of thiazole rings is 1. The predicted octanol–water partition coefficient (Wildman–Crippen LogP) is 2.98. The van der Waals surface area contributed by atoms with Crippen LogP contribution in [0.2, 0.25) is 0 Å². The first-order valence-corrected chi connectivity index (χ1v) is 11.1. The summed E-state index contributed by atoms with van der Waals surface area (Å²) in [7, 11) is 1.73. The number of anilines is 2. The topological polar surface area (TPSA) is 78.0 Å². The molecule has 0 radical (unpaired) electrons. The van der Waals surface area contributed by atoms with Crippen molar-refractivity contribution in [2.45, 2.75) is 32.7 Å². The average Bonchev–Trinajstić information content (AvgIpc) is 3.34. The molecule has 2 aliphatic heterocycles. The molecule has 0 saturated carbocycles. The second-order valence-corrected chi connectivity index (χ2v) is 9.47. The SMILES string of the molecule is Cc1ccc(N2CC[C@@H]3CN(c4c(C#N)c(=O)n(C)c5sc(C)nc45)CC[C@@H]32)cn1. The minimum Gasteiger partial charge on any atom is -0.368 e. The highest BCUT2D eigenvalue weighted by atomic mass is 32.1. The van der Waals surface area contributed by atoms with E-state index in [-0.39, 0.29) is 11.1 Å². The standard InChI is InChI=1S/C22H24N6OS/c1-13-4-5-16(11-24-13)28-9-6-15-12-27(8-7-18(15)28)20-17(10-23)21(29)26(3)22-19(20)25-14(2)30-22/h4-5,11,15,18H,6-9,12H2,1-3H3/t15-,18+/m1/s1. The zero-order valence-electron chi connectivity index (χ0n) is 17.4. The van der Waals surface area contributed by atoms with Crippen molar-refractivity contribution in [1.29, 1.82) is 5.26 Å². The molecule has 3 aromatic rings. The summed E-state index contributed by atoms with van der Waals surface area (Å²) in [5, 5.41) is 10.7. The molecule has 0 bridgehead atoms.